The minimum absolute atomic E-state index is 0.0903. The number of aromatic nitrogens is 3. The largest absolute Gasteiger partial charge is 0.478 e. The zero-order chi connectivity index (χ0) is 12.8. The van der Waals surface area contributed by atoms with Gasteiger partial charge in [0.25, 0.3) is 0 Å². The van der Waals surface area contributed by atoms with E-state index in [4.69, 9.17) is 16.7 Å². The van der Waals surface area contributed by atoms with Gasteiger partial charge < -0.3 is 5.11 Å². The van der Waals surface area contributed by atoms with Gasteiger partial charge in [0.2, 0.25) is 0 Å². The third-order valence-corrected chi connectivity index (χ3v) is 2.25. The van der Waals surface area contributed by atoms with Crippen LogP contribution >= 0.6 is 11.6 Å². The monoisotopic (exact) mass is 265 g/mol. The predicted molar refractivity (Wildman–Crippen MR) is 50.0 cm³/mol. The second-order valence-corrected chi connectivity index (χ2v) is 3.46. The highest BCUT2D eigenvalue weighted by Gasteiger charge is 2.39. The van der Waals surface area contributed by atoms with Crippen molar-refractivity contribution in [3.63, 3.8) is 0 Å². The number of rotatable bonds is 1. The van der Waals surface area contributed by atoms with Crippen molar-refractivity contribution in [3.05, 3.63) is 28.7 Å². The lowest BCUT2D eigenvalue weighted by Gasteiger charge is -2.11. The molecule has 0 saturated heterocycles. The predicted octanol–water partition coefficient (Wildman–Crippen LogP) is 2.10. The van der Waals surface area contributed by atoms with E-state index < -0.39 is 23.4 Å². The highest BCUT2D eigenvalue weighted by atomic mass is 35.5. The van der Waals surface area contributed by atoms with Crippen molar-refractivity contribution in [2.45, 2.75) is 6.18 Å². The van der Waals surface area contributed by atoms with Gasteiger partial charge in [-0.3, -0.25) is 0 Å². The Morgan fingerprint density at radius 3 is 2.59 bits per heavy atom. The fourth-order valence-corrected chi connectivity index (χ4v) is 1.50. The highest BCUT2D eigenvalue weighted by molar-refractivity contribution is 6.33. The lowest BCUT2D eigenvalue weighted by atomic mass is 10.2. The summed E-state index contributed by atoms with van der Waals surface area (Å²) in [6.45, 7) is 0. The summed E-state index contributed by atoms with van der Waals surface area (Å²) in [6, 6.07) is 0. The van der Waals surface area contributed by atoms with E-state index in [-0.39, 0.29) is 10.7 Å². The smallest absolute Gasteiger partial charge is 0.434 e. The molecule has 0 unspecified atom stereocenters. The van der Waals surface area contributed by atoms with Crippen molar-refractivity contribution in [1.29, 1.82) is 0 Å². The SMILES string of the molecule is O=C(O)c1cnc2c(Cl)cnn2c1C(F)(F)F. The quantitative estimate of drug-likeness (QED) is 0.857. The minimum atomic E-state index is -4.87. The number of halogens is 4. The van der Waals surface area contributed by atoms with Crippen molar-refractivity contribution < 1.29 is 23.1 Å². The Kier molecular flexibility index (Phi) is 2.46. The fraction of sp³-hybridized carbons (Fsp3) is 0.125. The van der Waals surface area contributed by atoms with Crippen molar-refractivity contribution >= 4 is 23.2 Å². The number of carboxylic acid groups (broad SMARTS) is 1. The van der Waals surface area contributed by atoms with Crippen LogP contribution < -0.4 is 0 Å². The molecule has 17 heavy (non-hydrogen) atoms. The van der Waals surface area contributed by atoms with Crippen molar-refractivity contribution in [2.24, 2.45) is 0 Å². The molecule has 1 N–H and O–H groups in total. The van der Waals surface area contributed by atoms with Crippen LogP contribution in [0.1, 0.15) is 16.1 Å². The number of alkyl halides is 3. The van der Waals surface area contributed by atoms with Crippen molar-refractivity contribution in [3.8, 4) is 0 Å². The molecule has 0 bridgehead atoms. The molecule has 2 aromatic heterocycles. The van der Waals surface area contributed by atoms with Crippen molar-refractivity contribution in [2.75, 3.05) is 0 Å². The van der Waals surface area contributed by atoms with E-state index >= 15 is 0 Å². The first-order valence-corrected chi connectivity index (χ1v) is 4.53. The molecule has 0 aliphatic rings. The third kappa shape index (κ3) is 1.80. The molecule has 0 radical (unpaired) electrons. The van der Waals surface area contributed by atoms with Crippen LogP contribution in [0.2, 0.25) is 5.02 Å². The summed E-state index contributed by atoms with van der Waals surface area (Å²) in [5.74, 6) is -1.74. The lowest BCUT2D eigenvalue weighted by Crippen LogP contribution is -2.19. The standard InChI is InChI=1S/C8H3ClF3N3O2/c9-4-2-14-15-5(8(10,11)12)3(7(16)17)1-13-6(4)15/h1-2H,(H,16,17). The van der Waals surface area contributed by atoms with Crippen LogP contribution in [-0.2, 0) is 6.18 Å². The summed E-state index contributed by atoms with van der Waals surface area (Å²) in [7, 11) is 0. The Morgan fingerprint density at radius 1 is 1.41 bits per heavy atom. The number of aromatic carboxylic acids is 1. The minimum Gasteiger partial charge on any atom is -0.478 e. The maximum Gasteiger partial charge on any atom is 0.434 e. The molecule has 0 aliphatic heterocycles. The van der Waals surface area contributed by atoms with E-state index in [1.54, 1.807) is 0 Å². The van der Waals surface area contributed by atoms with E-state index in [2.05, 4.69) is 10.1 Å². The Bertz CT molecular complexity index is 608. The van der Waals surface area contributed by atoms with Gasteiger partial charge in [0.15, 0.2) is 11.3 Å². The first-order chi connectivity index (χ1) is 7.82. The molecule has 2 aromatic rings. The maximum atomic E-state index is 12.8. The fourth-order valence-electron chi connectivity index (χ4n) is 1.33. The van der Waals surface area contributed by atoms with Crippen LogP contribution in [0.3, 0.4) is 0 Å². The number of carbonyl (C=O) groups is 1. The number of hydrogen-bond donors (Lipinski definition) is 1. The van der Waals surface area contributed by atoms with Gasteiger partial charge in [0.1, 0.15) is 10.6 Å². The Balaban J connectivity index is 2.90. The molecule has 90 valence electrons. The Morgan fingerprint density at radius 2 is 2.06 bits per heavy atom. The van der Waals surface area contributed by atoms with E-state index in [1.165, 1.54) is 0 Å². The van der Waals surface area contributed by atoms with E-state index in [9.17, 15) is 18.0 Å². The van der Waals surface area contributed by atoms with Gasteiger partial charge in [-0.2, -0.15) is 18.3 Å². The van der Waals surface area contributed by atoms with Gasteiger partial charge in [-0.25, -0.2) is 14.3 Å². The van der Waals surface area contributed by atoms with E-state index in [0.29, 0.717) is 10.7 Å². The summed E-state index contributed by atoms with van der Waals surface area (Å²) >= 11 is 5.57. The van der Waals surface area contributed by atoms with E-state index in [1.807, 2.05) is 0 Å². The molecule has 5 nitrogen and oxygen atoms in total. The van der Waals surface area contributed by atoms with Crippen LogP contribution in [0, 0.1) is 0 Å². The molecule has 0 fully saturated rings. The van der Waals surface area contributed by atoms with Gasteiger partial charge in [0, 0.05) is 6.20 Å². The van der Waals surface area contributed by atoms with Crippen LogP contribution in [0.25, 0.3) is 5.65 Å². The van der Waals surface area contributed by atoms with Gasteiger partial charge in [0.05, 0.1) is 6.20 Å². The third-order valence-electron chi connectivity index (χ3n) is 1.98. The summed E-state index contributed by atoms with van der Waals surface area (Å²) in [5, 5.41) is 12.0. The molecule has 0 amide bonds. The molecule has 0 aliphatic carbocycles. The Hall–Kier alpha value is -1.83. The first kappa shape index (κ1) is 11.6. The molecule has 0 saturated carbocycles. The second kappa shape index (κ2) is 3.59. The summed E-state index contributed by atoms with van der Waals surface area (Å²) in [6.07, 6.45) is -3.30. The van der Waals surface area contributed by atoms with Gasteiger partial charge in [-0.15, -0.1) is 0 Å². The number of carboxylic acids is 1. The first-order valence-electron chi connectivity index (χ1n) is 4.15. The van der Waals surface area contributed by atoms with Crippen molar-refractivity contribution in [1.82, 2.24) is 14.6 Å². The zero-order valence-electron chi connectivity index (χ0n) is 7.86. The molecule has 9 heteroatoms. The average molecular weight is 266 g/mol. The number of hydrogen-bond acceptors (Lipinski definition) is 3. The molecule has 0 aromatic carbocycles. The van der Waals surface area contributed by atoms with Gasteiger partial charge >= 0.3 is 12.1 Å². The van der Waals surface area contributed by atoms with Crippen LogP contribution in [0.5, 0.6) is 0 Å². The Labute approximate surface area is 96.4 Å². The van der Waals surface area contributed by atoms with Gasteiger partial charge in [-0.1, -0.05) is 11.6 Å². The topological polar surface area (TPSA) is 67.5 Å². The number of fused-ring (bicyclic) bond motifs is 1. The summed E-state index contributed by atoms with van der Waals surface area (Å²) in [5.41, 5.74) is -2.64. The van der Waals surface area contributed by atoms with Crippen LogP contribution in [0.4, 0.5) is 13.2 Å². The summed E-state index contributed by atoms with van der Waals surface area (Å²) in [4.78, 5) is 14.2. The molecular formula is C8H3ClF3N3O2. The molecule has 0 atom stereocenters. The molecule has 2 heterocycles. The average Bonchev–Trinajstić information content (AvgIpc) is 2.57. The van der Waals surface area contributed by atoms with E-state index in [0.717, 1.165) is 6.20 Å². The van der Waals surface area contributed by atoms with Gasteiger partial charge in [-0.05, 0) is 0 Å². The van der Waals surface area contributed by atoms with Crippen LogP contribution in [0.15, 0.2) is 12.4 Å². The normalized spacial score (nSPS) is 12.0. The second-order valence-electron chi connectivity index (χ2n) is 3.05. The molecule has 0 spiro atoms. The molecular weight excluding hydrogens is 263 g/mol. The lowest BCUT2D eigenvalue weighted by molar-refractivity contribution is -0.143. The zero-order valence-corrected chi connectivity index (χ0v) is 8.62. The maximum absolute atomic E-state index is 12.8. The van der Waals surface area contributed by atoms with Crippen LogP contribution in [-0.4, -0.2) is 25.7 Å². The summed E-state index contributed by atoms with van der Waals surface area (Å²) < 4.78 is 38.6. The highest BCUT2D eigenvalue weighted by Crippen LogP contribution is 2.32. The number of nitrogens with zero attached hydrogens (tertiary/aromatic N) is 3. The molecule has 2 rings (SSSR count).